The van der Waals surface area contributed by atoms with Gasteiger partial charge >= 0.3 is 0 Å². The number of aliphatic hydroxyl groups excluding tert-OH is 2. The van der Waals surface area contributed by atoms with E-state index in [0.29, 0.717) is 18.5 Å². The van der Waals surface area contributed by atoms with Gasteiger partial charge in [0, 0.05) is 6.54 Å². The number of hydrogen-bond acceptors (Lipinski definition) is 4. The largest absolute Gasteiger partial charge is 0.392 e. The number of hydrogen-bond donors (Lipinski definition) is 4. The lowest BCUT2D eigenvalue weighted by molar-refractivity contribution is -0.126. The van der Waals surface area contributed by atoms with Crippen LogP contribution in [0.25, 0.3) is 0 Å². The maximum atomic E-state index is 13.3. The van der Waals surface area contributed by atoms with E-state index in [1.165, 1.54) is 0 Å². The van der Waals surface area contributed by atoms with Crippen molar-refractivity contribution < 1.29 is 15.0 Å². The van der Waals surface area contributed by atoms with E-state index in [0.717, 1.165) is 11.1 Å². The van der Waals surface area contributed by atoms with Crippen molar-refractivity contribution in [3.63, 3.8) is 0 Å². The van der Waals surface area contributed by atoms with E-state index in [-0.39, 0.29) is 5.91 Å². The molecular formula is C25H26N2O3. The van der Waals surface area contributed by atoms with Gasteiger partial charge in [-0.25, -0.2) is 0 Å². The summed E-state index contributed by atoms with van der Waals surface area (Å²) in [7, 11) is 0. The molecule has 4 N–H and O–H groups in total. The van der Waals surface area contributed by atoms with Crippen molar-refractivity contribution in [1.82, 2.24) is 10.6 Å². The highest BCUT2D eigenvalue weighted by Crippen LogP contribution is 2.41. The van der Waals surface area contributed by atoms with Crippen molar-refractivity contribution in [2.75, 3.05) is 6.54 Å². The van der Waals surface area contributed by atoms with Gasteiger partial charge in [0.25, 0.3) is 0 Å². The Bertz CT molecular complexity index is 924. The van der Waals surface area contributed by atoms with E-state index in [1.54, 1.807) is 0 Å². The minimum atomic E-state index is -1.20. The Kier molecular flexibility index (Phi) is 5.95. The van der Waals surface area contributed by atoms with Crippen LogP contribution in [0.4, 0.5) is 0 Å². The SMILES string of the molecule is O=C(NC(c1ccccc1)(c1ccccc1)[C@@H](O)c1ccccc1)[C@@H]1C[C@@H](O)CN1. The summed E-state index contributed by atoms with van der Waals surface area (Å²) in [5, 5.41) is 27.8. The number of β-amino-alcohol motifs (C(OH)–C–C–N with tert-alkyl or cyclic N) is 1. The van der Waals surface area contributed by atoms with Crippen molar-refractivity contribution in [2.45, 2.75) is 30.2 Å². The van der Waals surface area contributed by atoms with Crippen LogP contribution in [-0.4, -0.2) is 34.8 Å². The third-order valence-corrected chi connectivity index (χ3v) is 5.73. The maximum absolute atomic E-state index is 13.3. The Labute approximate surface area is 176 Å². The molecule has 1 saturated heterocycles. The third-order valence-electron chi connectivity index (χ3n) is 5.73. The van der Waals surface area contributed by atoms with Crippen LogP contribution in [-0.2, 0) is 10.3 Å². The molecule has 5 heteroatoms. The second-order valence-corrected chi connectivity index (χ2v) is 7.69. The molecule has 3 aromatic carbocycles. The fourth-order valence-electron chi connectivity index (χ4n) is 4.18. The Morgan fingerprint density at radius 1 is 0.900 bits per heavy atom. The zero-order chi connectivity index (χ0) is 21.0. The third kappa shape index (κ3) is 3.87. The molecule has 0 spiro atoms. The highest BCUT2D eigenvalue weighted by molar-refractivity contribution is 5.84. The molecule has 3 aromatic rings. The minimum absolute atomic E-state index is 0.255. The van der Waals surface area contributed by atoms with Crippen molar-refractivity contribution in [3.8, 4) is 0 Å². The van der Waals surface area contributed by atoms with E-state index in [4.69, 9.17) is 0 Å². The summed E-state index contributed by atoms with van der Waals surface area (Å²) in [5.41, 5.74) is 1.06. The van der Waals surface area contributed by atoms with Gasteiger partial charge in [0.05, 0.1) is 12.1 Å². The number of rotatable bonds is 6. The Morgan fingerprint density at radius 2 is 1.40 bits per heavy atom. The van der Waals surface area contributed by atoms with Gasteiger partial charge in [0.2, 0.25) is 5.91 Å². The smallest absolute Gasteiger partial charge is 0.238 e. The summed E-state index contributed by atoms with van der Waals surface area (Å²) in [6.45, 7) is 0.378. The molecule has 5 nitrogen and oxygen atoms in total. The first kappa shape index (κ1) is 20.3. The lowest BCUT2D eigenvalue weighted by atomic mass is 9.75. The molecule has 154 valence electrons. The maximum Gasteiger partial charge on any atom is 0.238 e. The zero-order valence-electron chi connectivity index (χ0n) is 16.6. The Hall–Kier alpha value is -2.99. The van der Waals surface area contributed by atoms with E-state index < -0.39 is 23.8 Å². The average Bonchev–Trinajstić information content (AvgIpc) is 3.25. The highest BCUT2D eigenvalue weighted by atomic mass is 16.3. The molecule has 0 unspecified atom stereocenters. The van der Waals surface area contributed by atoms with Crippen LogP contribution in [0.15, 0.2) is 91.0 Å². The highest BCUT2D eigenvalue weighted by Gasteiger charge is 2.45. The molecule has 1 aliphatic heterocycles. The molecule has 0 radical (unpaired) electrons. The molecule has 1 fully saturated rings. The van der Waals surface area contributed by atoms with Crippen molar-refractivity contribution in [1.29, 1.82) is 0 Å². The van der Waals surface area contributed by atoms with Crippen molar-refractivity contribution in [2.24, 2.45) is 0 Å². The molecule has 1 amide bonds. The molecule has 0 saturated carbocycles. The normalized spacial score (nSPS) is 19.9. The van der Waals surface area contributed by atoms with Gasteiger partial charge in [-0.05, 0) is 23.1 Å². The van der Waals surface area contributed by atoms with Gasteiger partial charge in [-0.1, -0.05) is 91.0 Å². The van der Waals surface area contributed by atoms with Gasteiger partial charge in [-0.3, -0.25) is 4.79 Å². The van der Waals surface area contributed by atoms with Crippen LogP contribution < -0.4 is 10.6 Å². The van der Waals surface area contributed by atoms with Gasteiger partial charge in [-0.2, -0.15) is 0 Å². The van der Waals surface area contributed by atoms with E-state index >= 15 is 0 Å². The van der Waals surface area contributed by atoms with E-state index in [1.807, 2.05) is 91.0 Å². The Morgan fingerprint density at radius 3 is 1.87 bits per heavy atom. The predicted octanol–water partition coefficient (Wildman–Crippen LogP) is 2.50. The second kappa shape index (κ2) is 8.79. The van der Waals surface area contributed by atoms with E-state index in [9.17, 15) is 15.0 Å². The first-order chi connectivity index (χ1) is 14.6. The summed E-state index contributed by atoms with van der Waals surface area (Å²) < 4.78 is 0. The number of benzene rings is 3. The van der Waals surface area contributed by atoms with Crippen LogP contribution in [0, 0.1) is 0 Å². The van der Waals surface area contributed by atoms with Crippen molar-refractivity contribution >= 4 is 5.91 Å². The van der Waals surface area contributed by atoms with Gasteiger partial charge < -0.3 is 20.8 Å². The molecular weight excluding hydrogens is 376 g/mol. The molecule has 3 atom stereocenters. The van der Waals surface area contributed by atoms with Gasteiger partial charge in [0.1, 0.15) is 11.6 Å². The lowest BCUT2D eigenvalue weighted by Crippen LogP contribution is -2.55. The van der Waals surface area contributed by atoms with Gasteiger partial charge in [0.15, 0.2) is 0 Å². The topological polar surface area (TPSA) is 81.6 Å². The van der Waals surface area contributed by atoms with Crippen LogP contribution >= 0.6 is 0 Å². The van der Waals surface area contributed by atoms with Crippen LogP contribution in [0.3, 0.4) is 0 Å². The fourth-order valence-corrected chi connectivity index (χ4v) is 4.18. The minimum Gasteiger partial charge on any atom is -0.392 e. The molecule has 1 aliphatic rings. The second-order valence-electron chi connectivity index (χ2n) is 7.69. The first-order valence-corrected chi connectivity index (χ1v) is 10.2. The zero-order valence-corrected chi connectivity index (χ0v) is 16.6. The summed E-state index contributed by atoms with van der Waals surface area (Å²) >= 11 is 0. The van der Waals surface area contributed by atoms with Crippen molar-refractivity contribution in [3.05, 3.63) is 108 Å². The van der Waals surface area contributed by atoms with E-state index in [2.05, 4.69) is 10.6 Å². The molecule has 0 aliphatic carbocycles. The molecule has 0 aromatic heterocycles. The number of nitrogens with one attached hydrogen (secondary N) is 2. The number of amides is 1. The first-order valence-electron chi connectivity index (χ1n) is 10.2. The number of carbonyl (C=O) groups excluding carboxylic acids is 1. The predicted molar refractivity (Wildman–Crippen MR) is 116 cm³/mol. The summed E-state index contributed by atoms with van der Waals surface area (Å²) in [6.07, 6.45) is -1.24. The lowest BCUT2D eigenvalue weighted by Gasteiger charge is -2.41. The number of carbonyl (C=O) groups is 1. The standard InChI is InChI=1S/C25H26N2O3/c28-21-16-22(26-17-21)24(30)27-25(19-12-6-2-7-13-19,20-14-8-3-9-15-20)23(29)18-10-4-1-5-11-18/h1-15,21-23,26,28-29H,16-17H2,(H,27,30)/t21-,22+,23+/m1/s1. The number of aliphatic hydroxyl groups is 2. The summed E-state index contributed by atoms with van der Waals surface area (Å²) in [5.74, 6) is -0.255. The molecule has 0 bridgehead atoms. The van der Waals surface area contributed by atoms with Crippen LogP contribution in [0.1, 0.15) is 29.2 Å². The van der Waals surface area contributed by atoms with Crippen LogP contribution in [0.5, 0.6) is 0 Å². The molecule has 30 heavy (non-hydrogen) atoms. The summed E-state index contributed by atoms with van der Waals surface area (Å²) in [6, 6.07) is 27.9. The van der Waals surface area contributed by atoms with Crippen LogP contribution in [0.2, 0.25) is 0 Å². The fraction of sp³-hybridized carbons (Fsp3) is 0.240. The monoisotopic (exact) mass is 402 g/mol. The molecule has 4 rings (SSSR count). The Balaban J connectivity index is 1.86. The van der Waals surface area contributed by atoms with Gasteiger partial charge in [-0.15, -0.1) is 0 Å². The molecule has 1 heterocycles. The quantitative estimate of drug-likeness (QED) is 0.511. The summed E-state index contributed by atoms with van der Waals surface area (Å²) in [4.78, 5) is 13.3. The average molecular weight is 402 g/mol.